The van der Waals surface area contributed by atoms with Gasteiger partial charge in [0.2, 0.25) is 0 Å². The number of halogens is 5. The van der Waals surface area contributed by atoms with Crippen LogP contribution in [0.4, 0.5) is 22.0 Å². The maximum atomic E-state index is 12.5. The lowest BCUT2D eigenvalue weighted by molar-refractivity contribution is 0.394. The third kappa shape index (κ3) is 1.84. The van der Waals surface area contributed by atoms with E-state index in [2.05, 4.69) is 0 Å². The van der Waals surface area contributed by atoms with Crippen LogP contribution in [0.15, 0.2) is 18.2 Å². The molecule has 0 spiro atoms. The van der Waals surface area contributed by atoms with Crippen LogP contribution in [0.5, 0.6) is 5.75 Å². The fourth-order valence-corrected chi connectivity index (χ4v) is 0.801. The molecule has 0 aliphatic carbocycles. The Morgan fingerprint density at radius 3 is 1.79 bits per heavy atom. The first-order valence-electron chi connectivity index (χ1n) is 3.32. The Morgan fingerprint density at radius 2 is 1.43 bits per heavy atom. The molecule has 0 amide bonds. The summed E-state index contributed by atoms with van der Waals surface area (Å²) in [5.41, 5.74) is -0.960. The molecular weight excluding hydrogens is 207 g/mol. The van der Waals surface area contributed by atoms with Crippen molar-refractivity contribution in [1.29, 1.82) is 0 Å². The third-order valence-corrected chi connectivity index (χ3v) is 1.44. The predicted octanol–water partition coefficient (Wildman–Crippen LogP) is 3.21. The van der Waals surface area contributed by atoms with Crippen LogP contribution in [0.3, 0.4) is 0 Å². The second-order valence-corrected chi connectivity index (χ2v) is 2.36. The molecular formula is C8H3F5O. The van der Waals surface area contributed by atoms with Gasteiger partial charge in [-0.05, 0) is 12.1 Å². The lowest BCUT2D eigenvalue weighted by Crippen LogP contribution is -1.88. The van der Waals surface area contributed by atoms with Crippen molar-refractivity contribution in [3.63, 3.8) is 0 Å². The topological polar surface area (TPSA) is 20.2 Å². The zero-order valence-electron chi connectivity index (χ0n) is 6.49. The number of phenolic OH excluding ortho intramolecular Hbond substituents is 1. The Labute approximate surface area is 75.1 Å². The molecule has 14 heavy (non-hydrogen) atoms. The summed E-state index contributed by atoms with van der Waals surface area (Å²) in [5, 5.41) is 8.58. The van der Waals surface area contributed by atoms with E-state index in [1.54, 1.807) is 0 Å². The molecule has 0 aliphatic heterocycles. The van der Waals surface area contributed by atoms with Crippen molar-refractivity contribution in [1.82, 2.24) is 0 Å². The van der Waals surface area contributed by atoms with Gasteiger partial charge < -0.3 is 5.11 Å². The summed E-state index contributed by atoms with van der Waals surface area (Å²) in [4.78, 5) is 0. The molecule has 0 radical (unpaired) electrons. The quantitative estimate of drug-likeness (QED) is 0.705. The monoisotopic (exact) mass is 210 g/mol. The zero-order chi connectivity index (χ0) is 10.9. The van der Waals surface area contributed by atoms with Crippen molar-refractivity contribution < 1.29 is 27.1 Å². The molecule has 1 nitrogen and oxygen atoms in total. The van der Waals surface area contributed by atoms with Gasteiger partial charge in [0, 0.05) is 5.56 Å². The minimum Gasteiger partial charge on any atom is -0.503 e. The van der Waals surface area contributed by atoms with E-state index in [-0.39, 0.29) is 12.1 Å². The SMILES string of the molecule is Oc1c(F)cc(C(F)=C(F)F)cc1F. The fraction of sp³-hybridized carbons (Fsp3) is 0. The lowest BCUT2D eigenvalue weighted by atomic mass is 10.2. The Bertz CT molecular complexity index is 372. The molecule has 0 saturated carbocycles. The van der Waals surface area contributed by atoms with Crippen LogP contribution in [0.1, 0.15) is 5.56 Å². The highest BCUT2D eigenvalue weighted by atomic mass is 19.3. The summed E-state index contributed by atoms with van der Waals surface area (Å²) in [6.07, 6.45) is -2.69. The number of rotatable bonds is 1. The van der Waals surface area contributed by atoms with Crippen LogP contribution >= 0.6 is 0 Å². The maximum absolute atomic E-state index is 12.5. The van der Waals surface area contributed by atoms with Crippen LogP contribution in [-0.4, -0.2) is 5.11 Å². The lowest BCUT2D eigenvalue weighted by Gasteiger charge is -2.00. The number of benzene rings is 1. The zero-order valence-corrected chi connectivity index (χ0v) is 6.49. The number of aromatic hydroxyl groups is 1. The van der Waals surface area contributed by atoms with Crippen LogP contribution in [-0.2, 0) is 0 Å². The van der Waals surface area contributed by atoms with E-state index in [0.717, 1.165) is 0 Å². The minimum atomic E-state index is -2.69. The summed E-state index contributed by atoms with van der Waals surface area (Å²) in [7, 11) is 0. The van der Waals surface area contributed by atoms with Crippen molar-refractivity contribution in [2.45, 2.75) is 0 Å². The normalized spacial score (nSPS) is 10.1. The van der Waals surface area contributed by atoms with Crippen LogP contribution in [0, 0.1) is 11.6 Å². The first-order chi connectivity index (χ1) is 6.43. The molecule has 6 heteroatoms. The maximum Gasteiger partial charge on any atom is 0.306 e. The molecule has 0 aliphatic rings. The molecule has 0 saturated heterocycles. The molecule has 0 atom stereocenters. The van der Waals surface area contributed by atoms with Crippen LogP contribution in [0.2, 0.25) is 0 Å². The largest absolute Gasteiger partial charge is 0.503 e. The second kappa shape index (κ2) is 3.65. The van der Waals surface area contributed by atoms with Gasteiger partial charge in [-0.2, -0.15) is 8.78 Å². The van der Waals surface area contributed by atoms with Gasteiger partial charge in [0.1, 0.15) is 0 Å². The second-order valence-electron chi connectivity index (χ2n) is 2.36. The predicted molar refractivity (Wildman–Crippen MR) is 38.3 cm³/mol. The van der Waals surface area contributed by atoms with Crippen LogP contribution in [0.25, 0.3) is 5.83 Å². The molecule has 0 aromatic heterocycles. The van der Waals surface area contributed by atoms with Crippen LogP contribution < -0.4 is 0 Å². The van der Waals surface area contributed by atoms with Gasteiger partial charge in [-0.25, -0.2) is 13.2 Å². The summed E-state index contributed by atoms with van der Waals surface area (Å²) in [5.74, 6) is -6.36. The standard InChI is InChI=1S/C8H3F5O/c9-4-1-3(6(11)8(12)13)2-5(10)7(4)14/h1-2,14H. The van der Waals surface area contributed by atoms with E-state index in [1.165, 1.54) is 0 Å². The van der Waals surface area contributed by atoms with E-state index in [4.69, 9.17) is 5.11 Å². The number of hydrogen-bond acceptors (Lipinski definition) is 1. The van der Waals surface area contributed by atoms with Crippen molar-refractivity contribution in [2.75, 3.05) is 0 Å². The fourth-order valence-electron chi connectivity index (χ4n) is 0.801. The molecule has 1 aromatic carbocycles. The van der Waals surface area contributed by atoms with Gasteiger partial charge in [0.25, 0.3) is 0 Å². The Kier molecular flexibility index (Phi) is 2.73. The molecule has 76 valence electrons. The van der Waals surface area contributed by atoms with E-state index in [1.807, 2.05) is 0 Å². The summed E-state index contributed by atoms with van der Waals surface area (Å²) >= 11 is 0. The summed E-state index contributed by atoms with van der Waals surface area (Å²) in [6, 6.07) is 0.541. The Balaban J connectivity index is 3.34. The summed E-state index contributed by atoms with van der Waals surface area (Å²) < 4.78 is 60.9. The molecule has 1 N–H and O–H groups in total. The highest BCUT2D eigenvalue weighted by molar-refractivity contribution is 5.60. The number of hydrogen-bond donors (Lipinski definition) is 1. The van der Waals surface area contributed by atoms with Crippen molar-refractivity contribution >= 4 is 5.83 Å². The smallest absolute Gasteiger partial charge is 0.306 e. The number of phenols is 1. The Hall–Kier alpha value is -1.59. The van der Waals surface area contributed by atoms with E-state index in [9.17, 15) is 22.0 Å². The van der Waals surface area contributed by atoms with Gasteiger partial charge in [-0.15, -0.1) is 0 Å². The first-order valence-corrected chi connectivity index (χ1v) is 3.32. The van der Waals surface area contributed by atoms with E-state index >= 15 is 0 Å². The van der Waals surface area contributed by atoms with Gasteiger partial charge in [0.15, 0.2) is 23.2 Å². The van der Waals surface area contributed by atoms with Crippen molar-refractivity contribution in [3.8, 4) is 5.75 Å². The van der Waals surface area contributed by atoms with Gasteiger partial charge in [-0.1, -0.05) is 0 Å². The highest BCUT2D eigenvalue weighted by Gasteiger charge is 2.15. The Morgan fingerprint density at radius 1 is 1.00 bits per heavy atom. The van der Waals surface area contributed by atoms with E-state index in [0.29, 0.717) is 0 Å². The van der Waals surface area contributed by atoms with Gasteiger partial charge >= 0.3 is 6.08 Å². The van der Waals surface area contributed by atoms with Gasteiger partial charge in [-0.3, -0.25) is 0 Å². The van der Waals surface area contributed by atoms with Crippen molar-refractivity contribution in [2.24, 2.45) is 0 Å². The molecule has 0 heterocycles. The average Bonchev–Trinajstić information content (AvgIpc) is 2.12. The summed E-state index contributed by atoms with van der Waals surface area (Å²) in [6.45, 7) is 0. The molecule has 1 rings (SSSR count). The molecule has 0 unspecified atom stereocenters. The molecule has 0 fully saturated rings. The molecule has 0 bridgehead atoms. The third-order valence-electron chi connectivity index (χ3n) is 1.44. The first kappa shape index (κ1) is 10.5. The van der Waals surface area contributed by atoms with E-state index < -0.39 is 34.9 Å². The van der Waals surface area contributed by atoms with Gasteiger partial charge in [0.05, 0.1) is 0 Å². The minimum absolute atomic E-state index is 0.271. The van der Waals surface area contributed by atoms with Crippen molar-refractivity contribution in [3.05, 3.63) is 35.4 Å². The highest BCUT2D eigenvalue weighted by Crippen LogP contribution is 2.28. The molecule has 1 aromatic rings. The average molecular weight is 210 g/mol.